The van der Waals surface area contributed by atoms with E-state index >= 15 is 0 Å². The topological polar surface area (TPSA) is 69.9 Å². The number of hydrogen-bond donors (Lipinski definition) is 0. The van der Waals surface area contributed by atoms with Crippen molar-refractivity contribution >= 4 is 65.7 Å². The normalized spacial score (nSPS) is 11.9. The summed E-state index contributed by atoms with van der Waals surface area (Å²) >= 11 is 0. The molecule has 266 valence electrons. The Morgan fingerprint density at radius 2 is 0.912 bits per heavy atom. The molecule has 0 unspecified atom stereocenters. The third-order valence-electron chi connectivity index (χ3n) is 11.1. The standard InChI is InChI=1S/C51H30N4O2/c1-3-12-31(13-4-1)49-52-50(34-23-26-38-37-17-8-10-21-45(37)56-46(38)30-34)54-51(53-49)41-19-11-18-40-39-25-22-33(29-47(39)57-48(40)41)32-24-27-44-42(28-32)36-16-7-9-20-43(36)55(44)35-14-5-2-6-15-35/h1-30H. The zero-order valence-corrected chi connectivity index (χ0v) is 30.4. The summed E-state index contributed by atoms with van der Waals surface area (Å²) in [7, 11) is 0. The van der Waals surface area contributed by atoms with Gasteiger partial charge in [0.1, 0.15) is 22.3 Å². The van der Waals surface area contributed by atoms with E-state index in [1.807, 2.05) is 66.7 Å². The van der Waals surface area contributed by atoms with Crippen LogP contribution in [0.3, 0.4) is 0 Å². The largest absolute Gasteiger partial charge is 0.456 e. The molecule has 12 aromatic rings. The Balaban J connectivity index is 0.997. The number of aromatic nitrogens is 4. The fourth-order valence-corrected chi connectivity index (χ4v) is 8.37. The maximum Gasteiger partial charge on any atom is 0.167 e. The van der Waals surface area contributed by atoms with Crippen LogP contribution in [-0.4, -0.2) is 19.5 Å². The highest BCUT2D eigenvalue weighted by atomic mass is 16.3. The van der Waals surface area contributed by atoms with Crippen LogP contribution in [0.4, 0.5) is 0 Å². The number of hydrogen-bond acceptors (Lipinski definition) is 5. The Morgan fingerprint density at radius 1 is 0.333 bits per heavy atom. The molecule has 0 saturated heterocycles. The molecule has 4 heterocycles. The quantitative estimate of drug-likeness (QED) is 0.176. The van der Waals surface area contributed by atoms with Gasteiger partial charge in [-0.15, -0.1) is 0 Å². The van der Waals surface area contributed by atoms with Gasteiger partial charge >= 0.3 is 0 Å². The first-order chi connectivity index (χ1) is 28.2. The van der Waals surface area contributed by atoms with E-state index < -0.39 is 0 Å². The second-order valence-corrected chi connectivity index (χ2v) is 14.4. The third kappa shape index (κ3) is 5.01. The maximum absolute atomic E-state index is 6.78. The molecule has 0 aliphatic carbocycles. The molecule has 57 heavy (non-hydrogen) atoms. The van der Waals surface area contributed by atoms with Crippen LogP contribution in [0.15, 0.2) is 191 Å². The molecule has 0 fully saturated rings. The van der Waals surface area contributed by atoms with E-state index in [0.717, 1.165) is 77.4 Å². The SMILES string of the molecule is c1ccc(-c2nc(-c3ccc4c(c3)oc3ccccc34)nc(-c3cccc4c3oc3cc(-c5ccc6c(c5)c5ccccc5n6-c5ccccc5)ccc34)n2)cc1. The van der Waals surface area contributed by atoms with Crippen molar-refractivity contribution in [1.82, 2.24) is 19.5 Å². The lowest BCUT2D eigenvalue weighted by Crippen LogP contribution is -2.00. The lowest BCUT2D eigenvalue weighted by molar-refractivity contribution is 0.668. The van der Waals surface area contributed by atoms with Crippen LogP contribution in [0.1, 0.15) is 0 Å². The van der Waals surface area contributed by atoms with E-state index in [0.29, 0.717) is 17.5 Å². The van der Waals surface area contributed by atoms with Crippen LogP contribution in [0.2, 0.25) is 0 Å². The van der Waals surface area contributed by atoms with Crippen LogP contribution in [0.5, 0.6) is 0 Å². The van der Waals surface area contributed by atoms with Gasteiger partial charge in [0.25, 0.3) is 0 Å². The van der Waals surface area contributed by atoms with Crippen LogP contribution in [0, 0.1) is 0 Å². The second-order valence-electron chi connectivity index (χ2n) is 14.4. The monoisotopic (exact) mass is 730 g/mol. The summed E-state index contributed by atoms with van der Waals surface area (Å²) in [5, 5.41) is 6.59. The Kier molecular flexibility index (Phi) is 6.83. The summed E-state index contributed by atoms with van der Waals surface area (Å²) in [5.74, 6) is 1.68. The lowest BCUT2D eigenvalue weighted by atomic mass is 10.0. The van der Waals surface area contributed by atoms with Crippen molar-refractivity contribution in [3.05, 3.63) is 182 Å². The molecule has 0 aliphatic heterocycles. The Labute approximate surface area is 325 Å². The minimum absolute atomic E-state index is 0.536. The first kappa shape index (κ1) is 31.5. The van der Waals surface area contributed by atoms with Crippen LogP contribution < -0.4 is 0 Å². The fourth-order valence-electron chi connectivity index (χ4n) is 8.37. The number of fused-ring (bicyclic) bond motifs is 9. The summed E-state index contributed by atoms with van der Waals surface area (Å²) < 4.78 is 15.4. The van der Waals surface area contributed by atoms with Gasteiger partial charge in [-0.1, -0.05) is 115 Å². The van der Waals surface area contributed by atoms with Crippen molar-refractivity contribution < 1.29 is 8.83 Å². The van der Waals surface area contributed by atoms with Crippen molar-refractivity contribution in [2.24, 2.45) is 0 Å². The zero-order valence-electron chi connectivity index (χ0n) is 30.4. The summed E-state index contributed by atoms with van der Waals surface area (Å²) in [6.45, 7) is 0. The molecular weight excluding hydrogens is 701 g/mol. The molecule has 12 rings (SSSR count). The van der Waals surface area contributed by atoms with E-state index in [2.05, 4.69) is 120 Å². The predicted octanol–water partition coefficient (Wildman–Crippen LogP) is 13.4. The van der Waals surface area contributed by atoms with E-state index in [1.165, 1.54) is 21.8 Å². The molecule has 0 N–H and O–H groups in total. The summed E-state index contributed by atoms with van der Waals surface area (Å²) in [5.41, 5.74) is 11.4. The van der Waals surface area contributed by atoms with Gasteiger partial charge in [-0.3, -0.25) is 0 Å². The maximum atomic E-state index is 6.78. The first-order valence-electron chi connectivity index (χ1n) is 19.0. The highest BCUT2D eigenvalue weighted by Crippen LogP contribution is 2.40. The number of benzene rings is 8. The minimum atomic E-state index is 0.536. The molecule has 0 saturated carbocycles. The number of para-hydroxylation sites is 4. The van der Waals surface area contributed by atoms with Gasteiger partial charge in [-0.25, -0.2) is 15.0 Å². The van der Waals surface area contributed by atoms with Gasteiger partial charge in [0.2, 0.25) is 0 Å². The average Bonchev–Trinajstić information content (AvgIpc) is 3.95. The van der Waals surface area contributed by atoms with E-state index in [9.17, 15) is 0 Å². The lowest BCUT2D eigenvalue weighted by Gasteiger charge is -2.08. The van der Waals surface area contributed by atoms with Crippen LogP contribution >= 0.6 is 0 Å². The molecule has 0 aliphatic rings. The van der Waals surface area contributed by atoms with Crippen molar-refractivity contribution in [1.29, 1.82) is 0 Å². The molecule has 0 bridgehead atoms. The van der Waals surface area contributed by atoms with Gasteiger partial charge in [0.15, 0.2) is 17.5 Å². The van der Waals surface area contributed by atoms with Gasteiger partial charge in [0, 0.05) is 49.1 Å². The first-order valence-corrected chi connectivity index (χ1v) is 19.0. The smallest absolute Gasteiger partial charge is 0.167 e. The predicted molar refractivity (Wildman–Crippen MR) is 230 cm³/mol. The highest BCUT2D eigenvalue weighted by molar-refractivity contribution is 6.12. The molecule has 0 spiro atoms. The molecule has 6 heteroatoms. The molecule has 6 nitrogen and oxygen atoms in total. The van der Waals surface area contributed by atoms with Gasteiger partial charge in [-0.2, -0.15) is 0 Å². The number of furan rings is 2. The summed E-state index contributed by atoms with van der Waals surface area (Å²) in [6.07, 6.45) is 0. The molecule has 8 aromatic carbocycles. The minimum Gasteiger partial charge on any atom is -0.456 e. The average molecular weight is 731 g/mol. The van der Waals surface area contributed by atoms with E-state index in [-0.39, 0.29) is 0 Å². The van der Waals surface area contributed by atoms with Crippen molar-refractivity contribution in [3.63, 3.8) is 0 Å². The van der Waals surface area contributed by atoms with Crippen molar-refractivity contribution in [2.45, 2.75) is 0 Å². The second kappa shape index (κ2) is 12.3. The summed E-state index contributed by atoms with van der Waals surface area (Å²) in [4.78, 5) is 15.1. The fraction of sp³-hybridized carbons (Fsp3) is 0. The molecule has 0 radical (unpaired) electrons. The molecular formula is C51H30N4O2. The number of nitrogens with zero attached hydrogens (tertiary/aromatic N) is 4. The van der Waals surface area contributed by atoms with E-state index in [4.69, 9.17) is 23.8 Å². The van der Waals surface area contributed by atoms with Crippen LogP contribution in [-0.2, 0) is 0 Å². The molecule has 0 amide bonds. The third-order valence-corrected chi connectivity index (χ3v) is 11.1. The zero-order chi connectivity index (χ0) is 37.5. The van der Waals surface area contributed by atoms with Crippen molar-refractivity contribution in [3.8, 4) is 51.0 Å². The van der Waals surface area contributed by atoms with Crippen molar-refractivity contribution in [2.75, 3.05) is 0 Å². The Bertz CT molecular complexity index is 3530. The Morgan fingerprint density at radius 3 is 1.77 bits per heavy atom. The number of rotatable bonds is 5. The Hall–Kier alpha value is -7.83. The highest BCUT2D eigenvalue weighted by Gasteiger charge is 2.20. The van der Waals surface area contributed by atoms with Crippen LogP contribution in [0.25, 0.3) is 117 Å². The molecule has 4 aromatic heterocycles. The molecule has 0 atom stereocenters. The van der Waals surface area contributed by atoms with Gasteiger partial charge < -0.3 is 13.4 Å². The van der Waals surface area contributed by atoms with Gasteiger partial charge in [-0.05, 0) is 77.9 Å². The summed E-state index contributed by atoms with van der Waals surface area (Å²) in [6, 6.07) is 62.8. The van der Waals surface area contributed by atoms with E-state index in [1.54, 1.807) is 0 Å². The van der Waals surface area contributed by atoms with Gasteiger partial charge in [0.05, 0.1) is 16.6 Å².